The summed E-state index contributed by atoms with van der Waals surface area (Å²) in [7, 11) is 0. The van der Waals surface area contributed by atoms with Crippen LogP contribution in [0.3, 0.4) is 0 Å². The van der Waals surface area contributed by atoms with Gasteiger partial charge in [0.1, 0.15) is 6.04 Å². The zero-order chi connectivity index (χ0) is 21.7. The van der Waals surface area contributed by atoms with Crippen molar-refractivity contribution in [3.05, 3.63) is 34.7 Å². The Hall–Kier alpha value is -2.63. The number of nitrogens with zero attached hydrogens (tertiary/aromatic N) is 4. The van der Waals surface area contributed by atoms with E-state index in [1.165, 1.54) is 15.9 Å². The van der Waals surface area contributed by atoms with Crippen molar-refractivity contribution in [2.75, 3.05) is 23.4 Å². The molecule has 0 spiro atoms. The van der Waals surface area contributed by atoms with E-state index in [2.05, 4.69) is 20.5 Å². The number of esters is 1. The highest BCUT2D eigenvalue weighted by atomic mass is 35.5. The largest absolute Gasteiger partial charge is 0.465 e. The molecule has 0 aliphatic carbocycles. The van der Waals surface area contributed by atoms with Crippen LogP contribution in [0.4, 0.5) is 11.1 Å². The molecule has 12 heteroatoms. The van der Waals surface area contributed by atoms with E-state index in [-0.39, 0.29) is 23.6 Å². The van der Waals surface area contributed by atoms with Crippen LogP contribution in [0.2, 0.25) is 5.02 Å². The summed E-state index contributed by atoms with van der Waals surface area (Å²) in [6, 6.07) is 6.56. The fourth-order valence-corrected chi connectivity index (χ4v) is 4.16. The molecule has 2 aromatic heterocycles. The molecule has 0 saturated heterocycles. The lowest BCUT2D eigenvalue weighted by Gasteiger charge is -2.15. The molecule has 0 bridgehead atoms. The van der Waals surface area contributed by atoms with E-state index in [9.17, 15) is 9.59 Å². The van der Waals surface area contributed by atoms with Crippen LogP contribution in [0.25, 0.3) is 11.3 Å². The third-order valence-electron chi connectivity index (χ3n) is 3.96. The van der Waals surface area contributed by atoms with Gasteiger partial charge in [0.2, 0.25) is 11.9 Å². The predicted molar refractivity (Wildman–Crippen MR) is 118 cm³/mol. The predicted octanol–water partition coefficient (Wildman–Crippen LogP) is 3.49. The summed E-state index contributed by atoms with van der Waals surface area (Å²) in [5, 5.41) is 13.8. The Morgan fingerprint density at radius 3 is 2.77 bits per heavy atom. The Labute approximate surface area is 186 Å². The first kappa shape index (κ1) is 22.1. The highest BCUT2D eigenvalue weighted by molar-refractivity contribution is 7.99. The van der Waals surface area contributed by atoms with Gasteiger partial charge in [0.15, 0.2) is 10.3 Å². The van der Waals surface area contributed by atoms with Crippen LogP contribution >= 0.6 is 34.7 Å². The number of rotatable bonds is 8. The lowest BCUT2D eigenvalue weighted by molar-refractivity contribution is -0.139. The molecule has 0 saturated carbocycles. The normalized spacial score (nSPS) is 11.8. The van der Waals surface area contributed by atoms with E-state index in [0.29, 0.717) is 21.9 Å². The molecule has 0 fully saturated rings. The summed E-state index contributed by atoms with van der Waals surface area (Å²) in [5.74, 6) is -0.608. The molecule has 1 amide bonds. The van der Waals surface area contributed by atoms with Gasteiger partial charge in [-0.3, -0.25) is 14.2 Å². The van der Waals surface area contributed by atoms with Crippen molar-refractivity contribution in [3.8, 4) is 11.3 Å². The first-order chi connectivity index (χ1) is 14.4. The molecule has 2 heterocycles. The van der Waals surface area contributed by atoms with Crippen molar-refractivity contribution < 1.29 is 14.3 Å². The lowest BCUT2D eigenvalue weighted by Crippen LogP contribution is -2.25. The van der Waals surface area contributed by atoms with Crippen LogP contribution in [-0.2, 0) is 14.3 Å². The molecule has 1 unspecified atom stereocenters. The number of hydrogen-bond acceptors (Lipinski definition) is 9. The third-order valence-corrected chi connectivity index (χ3v) is 5.88. The van der Waals surface area contributed by atoms with E-state index in [1.807, 2.05) is 17.5 Å². The molecule has 0 aliphatic rings. The zero-order valence-electron chi connectivity index (χ0n) is 16.2. The molecule has 0 radical (unpaired) electrons. The Balaban J connectivity index is 1.68. The molecule has 3 N–H and O–H groups in total. The van der Waals surface area contributed by atoms with Crippen LogP contribution in [-0.4, -0.2) is 44.0 Å². The summed E-state index contributed by atoms with van der Waals surface area (Å²) in [6.45, 7) is 3.68. The number of nitrogen functional groups attached to an aromatic ring is 1. The minimum Gasteiger partial charge on any atom is -0.465 e. The van der Waals surface area contributed by atoms with Crippen LogP contribution in [0.15, 0.2) is 34.8 Å². The second kappa shape index (κ2) is 9.92. The zero-order valence-corrected chi connectivity index (χ0v) is 18.6. The summed E-state index contributed by atoms with van der Waals surface area (Å²) < 4.78 is 6.37. The monoisotopic (exact) mass is 466 g/mol. The first-order valence-corrected chi connectivity index (χ1v) is 11.1. The number of carbonyl (C=O) groups excluding carboxylic acids is 2. The maximum atomic E-state index is 12.8. The molecular formula is C18H19ClN6O3S2. The van der Waals surface area contributed by atoms with Gasteiger partial charge in [-0.2, -0.15) is 0 Å². The number of halogens is 1. The number of thioether (sulfide) groups is 1. The molecule has 1 atom stereocenters. The third kappa shape index (κ3) is 5.29. The summed E-state index contributed by atoms with van der Waals surface area (Å²) in [6.07, 6.45) is 0. The number of hydrogen-bond donors (Lipinski definition) is 2. The Morgan fingerprint density at radius 1 is 1.33 bits per heavy atom. The molecule has 3 rings (SSSR count). The van der Waals surface area contributed by atoms with Gasteiger partial charge in [0.05, 0.1) is 18.1 Å². The van der Waals surface area contributed by atoms with Gasteiger partial charge in [-0.1, -0.05) is 35.5 Å². The number of anilines is 2. The molecular weight excluding hydrogens is 448 g/mol. The highest BCUT2D eigenvalue weighted by Crippen LogP contribution is 2.28. The number of carbonyl (C=O) groups is 2. The first-order valence-electron chi connectivity index (χ1n) is 8.90. The van der Waals surface area contributed by atoms with Gasteiger partial charge >= 0.3 is 5.97 Å². The SMILES string of the molecule is CCOC(=O)CSc1nnc(N)n1C(C)C(=O)Nc1nc(-c2ccc(Cl)cc2)cs1. The minimum absolute atomic E-state index is 0.0389. The number of thiazole rings is 1. The maximum Gasteiger partial charge on any atom is 0.316 e. The molecule has 3 aromatic rings. The molecule has 0 aliphatic heterocycles. The number of benzene rings is 1. The topological polar surface area (TPSA) is 125 Å². The summed E-state index contributed by atoms with van der Waals surface area (Å²) in [5.41, 5.74) is 7.51. The van der Waals surface area contributed by atoms with Gasteiger partial charge in [-0.25, -0.2) is 4.98 Å². The number of ether oxygens (including phenoxy) is 1. The van der Waals surface area contributed by atoms with Gasteiger partial charge in [0.25, 0.3) is 0 Å². The second-order valence-corrected chi connectivity index (χ2v) is 8.25. The van der Waals surface area contributed by atoms with Gasteiger partial charge < -0.3 is 15.8 Å². The average molecular weight is 467 g/mol. The van der Waals surface area contributed by atoms with Crippen LogP contribution in [0, 0.1) is 0 Å². The molecule has 30 heavy (non-hydrogen) atoms. The highest BCUT2D eigenvalue weighted by Gasteiger charge is 2.23. The lowest BCUT2D eigenvalue weighted by atomic mass is 10.2. The quantitative estimate of drug-likeness (QED) is 0.381. The average Bonchev–Trinajstić information content (AvgIpc) is 3.33. The van der Waals surface area contributed by atoms with E-state index < -0.39 is 6.04 Å². The molecule has 9 nitrogen and oxygen atoms in total. The number of nitrogens with one attached hydrogen (secondary N) is 1. The Bertz CT molecular complexity index is 1040. The standard InChI is InChI=1S/C18H19ClN6O3S2/c1-3-28-14(26)9-30-18-24-23-16(20)25(18)10(2)15(27)22-17-21-13(8-29-17)11-4-6-12(19)7-5-11/h4-8,10H,3,9H2,1-2H3,(H2,20,23)(H,21,22,27). The number of nitrogens with two attached hydrogens (primary N) is 1. The number of amides is 1. The fraction of sp³-hybridized carbons (Fsp3) is 0.278. The smallest absolute Gasteiger partial charge is 0.316 e. The molecule has 1 aromatic carbocycles. The van der Waals surface area contributed by atoms with Crippen LogP contribution < -0.4 is 11.1 Å². The van der Waals surface area contributed by atoms with Crippen molar-refractivity contribution in [1.29, 1.82) is 0 Å². The van der Waals surface area contributed by atoms with E-state index in [4.69, 9.17) is 22.1 Å². The van der Waals surface area contributed by atoms with Crippen molar-refractivity contribution in [2.24, 2.45) is 0 Å². The van der Waals surface area contributed by atoms with E-state index in [1.54, 1.807) is 26.0 Å². The number of aromatic nitrogens is 4. The fourth-order valence-electron chi connectivity index (χ4n) is 2.49. The minimum atomic E-state index is -0.715. The van der Waals surface area contributed by atoms with E-state index >= 15 is 0 Å². The summed E-state index contributed by atoms with van der Waals surface area (Å²) in [4.78, 5) is 28.8. The van der Waals surface area contributed by atoms with Crippen LogP contribution in [0.5, 0.6) is 0 Å². The van der Waals surface area contributed by atoms with Gasteiger partial charge in [-0.15, -0.1) is 21.5 Å². The van der Waals surface area contributed by atoms with Crippen molar-refractivity contribution >= 4 is 57.7 Å². The van der Waals surface area contributed by atoms with Gasteiger partial charge in [-0.05, 0) is 26.0 Å². The van der Waals surface area contributed by atoms with Crippen molar-refractivity contribution in [1.82, 2.24) is 19.7 Å². The molecule has 158 valence electrons. The second-order valence-electron chi connectivity index (χ2n) is 6.01. The summed E-state index contributed by atoms with van der Waals surface area (Å²) >= 11 is 8.32. The van der Waals surface area contributed by atoms with Crippen LogP contribution in [0.1, 0.15) is 19.9 Å². The van der Waals surface area contributed by atoms with Crippen molar-refractivity contribution in [2.45, 2.75) is 25.0 Å². The van der Waals surface area contributed by atoms with E-state index in [0.717, 1.165) is 23.0 Å². The maximum absolute atomic E-state index is 12.8. The Kier molecular flexibility index (Phi) is 7.29. The Morgan fingerprint density at radius 2 is 2.07 bits per heavy atom. The van der Waals surface area contributed by atoms with Gasteiger partial charge in [0, 0.05) is 16.0 Å². The van der Waals surface area contributed by atoms with Crippen molar-refractivity contribution in [3.63, 3.8) is 0 Å².